The van der Waals surface area contributed by atoms with E-state index in [1.165, 1.54) is 32.1 Å². The molecule has 0 spiro atoms. The molecule has 0 aromatic rings. The van der Waals surface area contributed by atoms with Crippen LogP contribution < -0.4 is 0 Å². The van der Waals surface area contributed by atoms with Gasteiger partial charge in [0, 0.05) is 11.3 Å². The first kappa shape index (κ1) is 23.3. The van der Waals surface area contributed by atoms with Crippen molar-refractivity contribution in [2.24, 2.45) is 52.3 Å². The van der Waals surface area contributed by atoms with Crippen LogP contribution in [-0.4, -0.2) is 11.2 Å². The maximum atomic E-state index is 10.5. The second-order valence-corrected chi connectivity index (χ2v) is 12.4. The molecule has 0 radical (unpaired) electrons. The molecule has 4 aliphatic carbocycles. The van der Waals surface area contributed by atoms with E-state index >= 15 is 0 Å². The van der Waals surface area contributed by atoms with Crippen LogP contribution in [0.25, 0.3) is 0 Å². The second kappa shape index (κ2) is 8.51. The normalized spacial score (nSPS) is 44.4. The lowest BCUT2D eigenvalue weighted by Gasteiger charge is -2.55. The number of hydrogen-bond acceptors (Lipinski definition) is 1. The minimum Gasteiger partial charge on any atom is -0.393 e. The third kappa shape index (κ3) is 3.71. The van der Waals surface area contributed by atoms with E-state index in [2.05, 4.69) is 72.8 Å². The standard InChI is InChI=1S/C30H48O/c1-8-22(19(2)3)10-9-20(4)24-13-14-26-23-11-12-25-21(5)28(31)16-18-30(25,7)27(23)15-17-29(24,26)6/h9-10,12,15,19-24,26,28,31H,8,11,13-14,16-18H2,1-7H3. The zero-order valence-electron chi connectivity index (χ0n) is 21.3. The van der Waals surface area contributed by atoms with Crippen LogP contribution in [0.15, 0.2) is 35.5 Å². The van der Waals surface area contributed by atoms with E-state index in [9.17, 15) is 5.11 Å². The van der Waals surface area contributed by atoms with Gasteiger partial charge in [-0.05, 0) is 85.9 Å². The molecule has 2 fully saturated rings. The predicted octanol–water partition coefficient (Wildman–Crippen LogP) is 7.97. The summed E-state index contributed by atoms with van der Waals surface area (Å²) in [7, 11) is 0. The summed E-state index contributed by atoms with van der Waals surface area (Å²) >= 11 is 0. The molecule has 31 heavy (non-hydrogen) atoms. The molecule has 1 N–H and O–H groups in total. The quantitative estimate of drug-likeness (QED) is 0.444. The van der Waals surface area contributed by atoms with Gasteiger partial charge in [-0.1, -0.05) is 83.9 Å². The Morgan fingerprint density at radius 3 is 2.48 bits per heavy atom. The highest BCUT2D eigenvalue weighted by Crippen LogP contribution is 2.65. The van der Waals surface area contributed by atoms with Crippen molar-refractivity contribution in [2.45, 2.75) is 99.5 Å². The first-order chi connectivity index (χ1) is 14.6. The van der Waals surface area contributed by atoms with Gasteiger partial charge in [0.25, 0.3) is 0 Å². The number of fused-ring (bicyclic) bond motifs is 5. The molecule has 2 saturated carbocycles. The number of rotatable bonds is 5. The van der Waals surface area contributed by atoms with E-state index in [4.69, 9.17) is 0 Å². The van der Waals surface area contributed by atoms with E-state index in [1.807, 2.05) is 0 Å². The zero-order chi connectivity index (χ0) is 22.6. The summed E-state index contributed by atoms with van der Waals surface area (Å²) in [5.41, 5.74) is 3.94. The summed E-state index contributed by atoms with van der Waals surface area (Å²) in [5, 5.41) is 10.5. The summed E-state index contributed by atoms with van der Waals surface area (Å²) in [5.74, 6) is 4.82. The van der Waals surface area contributed by atoms with Gasteiger partial charge < -0.3 is 5.11 Å². The third-order valence-electron chi connectivity index (χ3n) is 10.6. The van der Waals surface area contributed by atoms with Crippen LogP contribution in [0.1, 0.15) is 93.4 Å². The Hall–Kier alpha value is -0.820. The second-order valence-electron chi connectivity index (χ2n) is 12.4. The fraction of sp³-hybridized carbons (Fsp3) is 0.800. The van der Waals surface area contributed by atoms with Gasteiger partial charge in [-0.25, -0.2) is 0 Å². The lowest BCUT2D eigenvalue weighted by atomic mass is 9.50. The summed E-state index contributed by atoms with van der Waals surface area (Å²) in [4.78, 5) is 0. The van der Waals surface area contributed by atoms with Gasteiger partial charge in [0.15, 0.2) is 0 Å². The first-order valence-electron chi connectivity index (χ1n) is 13.4. The van der Waals surface area contributed by atoms with Crippen molar-refractivity contribution in [3.63, 3.8) is 0 Å². The third-order valence-corrected chi connectivity index (χ3v) is 10.6. The van der Waals surface area contributed by atoms with Crippen molar-refractivity contribution in [3.8, 4) is 0 Å². The Balaban J connectivity index is 1.57. The maximum Gasteiger partial charge on any atom is 0.0603 e. The molecule has 0 heterocycles. The Morgan fingerprint density at radius 2 is 1.81 bits per heavy atom. The van der Waals surface area contributed by atoms with Crippen molar-refractivity contribution >= 4 is 0 Å². The van der Waals surface area contributed by atoms with Gasteiger partial charge in [-0.3, -0.25) is 0 Å². The molecule has 0 aromatic carbocycles. The lowest BCUT2D eigenvalue weighted by molar-refractivity contribution is 0.0490. The molecule has 0 saturated heterocycles. The topological polar surface area (TPSA) is 20.2 Å². The van der Waals surface area contributed by atoms with Gasteiger partial charge in [-0.15, -0.1) is 0 Å². The maximum absolute atomic E-state index is 10.5. The van der Waals surface area contributed by atoms with E-state index < -0.39 is 0 Å². The average molecular weight is 425 g/mol. The highest BCUT2D eigenvalue weighted by molar-refractivity contribution is 5.40. The number of allylic oxidation sites excluding steroid dienone is 5. The number of aliphatic hydroxyl groups excluding tert-OH is 1. The van der Waals surface area contributed by atoms with E-state index in [0.29, 0.717) is 17.3 Å². The Kier molecular flexibility index (Phi) is 6.41. The highest BCUT2D eigenvalue weighted by Gasteiger charge is 2.56. The molecule has 9 atom stereocenters. The zero-order valence-corrected chi connectivity index (χ0v) is 21.3. The van der Waals surface area contributed by atoms with Crippen LogP contribution in [0, 0.1) is 52.3 Å². The summed E-state index contributed by atoms with van der Waals surface area (Å²) in [6, 6.07) is 0. The van der Waals surface area contributed by atoms with Crippen LogP contribution in [0.4, 0.5) is 0 Å². The minimum atomic E-state index is -0.147. The van der Waals surface area contributed by atoms with Crippen LogP contribution in [-0.2, 0) is 0 Å². The van der Waals surface area contributed by atoms with Crippen molar-refractivity contribution < 1.29 is 5.11 Å². The van der Waals surface area contributed by atoms with E-state index in [-0.39, 0.29) is 11.5 Å². The van der Waals surface area contributed by atoms with Gasteiger partial charge in [-0.2, -0.15) is 0 Å². The molecule has 0 aliphatic heterocycles. The van der Waals surface area contributed by atoms with Crippen LogP contribution in [0.5, 0.6) is 0 Å². The van der Waals surface area contributed by atoms with Crippen molar-refractivity contribution in [1.82, 2.24) is 0 Å². The summed E-state index contributed by atoms with van der Waals surface area (Å²) in [6.07, 6.45) is 18.8. The van der Waals surface area contributed by atoms with Crippen molar-refractivity contribution in [1.29, 1.82) is 0 Å². The van der Waals surface area contributed by atoms with E-state index in [1.54, 1.807) is 11.1 Å². The molecule has 9 unspecified atom stereocenters. The average Bonchev–Trinajstić information content (AvgIpc) is 3.08. The molecule has 0 bridgehead atoms. The van der Waals surface area contributed by atoms with Gasteiger partial charge in [0.05, 0.1) is 6.10 Å². The molecule has 0 aromatic heterocycles. The monoisotopic (exact) mass is 424 g/mol. The molecule has 0 amide bonds. The molecular weight excluding hydrogens is 376 g/mol. The van der Waals surface area contributed by atoms with Gasteiger partial charge in [0.1, 0.15) is 0 Å². The minimum absolute atomic E-state index is 0.147. The van der Waals surface area contributed by atoms with Crippen molar-refractivity contribution in [3.05, 3.63) is 35.5 Å². The van der Waals surface area contributed by atoms with Crippen LogP contribution >= 0.6 is 0 Å². The molecular formula is C30H48O. The molecule has 174 valence electrons. The van der Waals surface area contributed by atoms with Crippen LogP contribution in [0.2, 0.25) is 0 Å². The Labute approximate surface area is 192 Å². The predicted molar refractivity (Wildman–Crippen MR) is 133 cm³/mol. The van der Waals surface area contributed by atoms with Gasteiger partial charge in [0.2, 0.25) is 0 Å². The van der Waals surface area contributed by atoms with Gasteiger partial charge >= 0.3 is 0 Å². The number of hydrogen-bond donors (Lipinski definition) is 1. The Bertz CT molecular complexity index is 756. The smallest absolute Gasteiger partial charge is 0.0603 e. The van der Waals surface area contributed by atoms with Crippen molar-refractivity contribution in [2.75, 3.05) is 0 Å². The number of aliphatic hydroxyl groups is 1. The summed E-state index contributed by atoms with van der Waals surface area (Å²) < 4.78 is 0. The molecule has 1 heteroatoms. The largest absolute Gasteiger partial charge is 0.393 e. The Morgan fingerprint density at radius 1 is 1.06 bits per heavy atom. The SMILES string of the molecule is CCC(C=CC(C)C1CCC2C3CC=C4C(C)C(O)CCC4(C)C3=CCC12C)C(C)C. The molecule has 4 rings (SSSR count). The lowest BCUT2D eigenvalue weighted by Crippen LogP contribution is -2.47. The molecule has 1 nitrogen and oxygen atoms in total. The first-order valence-corrected chi connectivity index (χ1v) is 13.4. The van der Waals surface area contributed by atoms with Crippen LogP contribution in [0.3, 0.4) is 0 Å². The fourth-order valence-corrected chi connectivity index (χ4v) is 8.54. The highest BCUT2D eigenvalue weighted by atomic mass is 16.3. The fourth-order valence-electron chi connectivity index (χ4n) is 8.54. The summed E-state index contributed by atoms with van der Waals surface area (Å²) in [6.45, 7) is 16.9. The van der Waals surface area contributed by atoms with E-state index in [0.717, 1.165) is 42.4 Å². The molecule has 4 aliphatic rings.